The first-order valence-electron chi connectivity index (χ1n) is 8.21. The Bertz CT molecular complexity index is 825. The van der Waals surface area contributed by atoms with E-state index >= 15 is 0 Å². The molecular formula is C18H20ClN3O2. The van der Waals surface area contributed by atoms with Gasteiger partial charge in [-0.15, -0.1) is 0 Å². The Kier molecular flexibility index (Phi) is 3.57. The van der Waals surface area contributed by atoms with Crippen molar-refractivity contribution in [1.82, 2.24) is 9.88 Å². The number of rotatable bonds is 1. The second-order valence-corrected chi connectivity index (χ2v) is 7.32. The Balaban J connectivity index is 1.74. The van der Waals surface area contributed by atoms with Crippen molar-refractivity contribution in [2.24, 2.45) is 0 Å². The van der Waals surface area contributed by atoms with Gasteiger partial charge in [0.15, 0.2) is 0 Å². The van der Waals surface area contributed by atoms with Gasteiger partial charge in [0.05, 0.1) is 18.6 Å². The quantitative estimate of drug-likeness (QED) is 0.792. The fourth-order valence-corrected chi connectivity index (χ4v) is 4.23. The lowest BCUT2D eigenvalue weighted by atomic mass is 9.92. The molecule has 1 atom stereocenters. The number of anilines is 1. The average Bonchev–Trinajstić information content (AvgIpc) is 2.80. The molecule has 1 aromatic heterocycles. The van der Waals surface area contributed by atoms with Crippen LogP contribution >= 0.6 is 11.6 Å². The highest BCUT2D eigenvalue weighted by Crippen LogP contribution is 2.36. The fraction of sp³-hybridized carbons (Fsp3) is 0.444. The fourth-order valence-electron chi connectivity index (χ4n) is 3.96. The molecule has 2 saturated heterocycles. The molecule has 1 aromatic carbocycles. The number of fused-ring (bicyclic) bond motifs is 1. The highest BCUT2D eigenvalue weighted by atomic mass is 35.5. The maximum atomic E-state index is 11.9. The number of carbonyl (C=O) groups is 1. The summed E-state index contributed by atoms with van der Waals surface area (Å²) in [5.74, 6) is 0. The first kappa shape index (κ1) is 15.5. The molecule has 2 fully saturated rings. The van der Waals surface area contributed by atoms with E-state index in [1.54, 1.807) is 11.9 Å². The van der Waals surface area contributed by atoms with Crippen LogP contribution in [-0.4, -0.2) is 48.3 Å². The topological polar surface area (TPSA) is 45.7 Å². The molecule has 2 aromatic rings. The standard InChI is InChI=1S/C18H20ClN3O2/c1-12-8-13(19)9-14-15(4-6-20-16(12)14)22-7-3-5-18(11-22)10-21(2)17(23)24-18/h4,6,8-9H,3,5,7,10-11H2,1-2H3/t18-/m0/s1. The summed E-state index contributed by atoms with van der Waals surface area (Å²) >= 11 is 6.27. The summed E-state index contributed by atoms with van der Waals surface area (Å²) < 4.78 is 5.72. The van der Waals surface area contributed by atoms with Crippen molar-refractivity contribution in [3.63, 3.8) is 0 Å². The van der Waals surface area contributed by atoms with Gasteiger partial charge < -0.3 is 14.5 Å². The molecular weight excluding hydrogens is 326 g/mol. The first-order chi connectivity index (χ1) is 11.5. The van der Waals surface area contributed by atoms with Crippen molar-refractivity contribution >= 4 is 34.3 Å². The Morgan fingerprint density at radius 3 is 2.92 bits per heavy atom. The van der Waals surface area contributed by atoms with E-state index in [9.17, 15) is 4.79 Å². The molecule has 6 heteroatoms. The third-order valence-corrected chi connectivity index (χ3v) is 5.22. The number of amides is 1. The minimum Gasteiger partial charge on any atom is -0.439 e. The minimum absolute atomic E-state index is 0.227. The molecule has 0 saturated carbocycles. The lowest BCUT2D eigenvalue weighted by Crippen LogP contribution is -2.50. The number of aromatic nitrogens is 1. The Morgan fingerprint density at radius 1 is 1.33 bits per heavy atom. The van der Waals surface area contributed by atoms with Gasteiger partial charge >= 0.3 is 6.09 Å². The van der Waals surface area contributed by atoms with Crippen molar-refractivity contribution in [1.29, 1.82) is 0 Å². The van der Waals surface area contributed by atoms with Gasteiger partial charge in [-0.25, -0.2) is 4.79 Å². The normalized spacial score (nSPS) is 24.0. The van der Waals surface area contributed by atoms with Crippen molar-refractivity contribution in [3.05, 3.63) is 35.0 Å². The van der Waals surface area contributed by atoms with Crippen LogP contribution in [0.2, 0.25) is 5.02 Å². The van der Waals surface area contributed by atoms with E-state index < -0.39 is 5.60 Å². The van der Waals surface area contributed by atoms with Gasteiger partial charge in [0, 0.05) is 35.9 Å². The SMILES string of the molecule is Cc1cc(Cl)cc2c(N3CCC[C@]4(CN(C)C(=O)O4)C3)ccnc12. The van der Waals surface area contributed by atoms with Crippen LogP contribution in [0.1, 0.15) is 18.4 Å². The summed E-state index contributed by atoms with van der Waals surface area (Å²) in [4.78, 5) is 20.3. The highest BCUT2D eigenvalue weighted by Gasteiger charge is 2.46. The van der Waals surface area contributed by atoms with Gasteiger partial charge in [-0.1, -0.05) is 11.6 Å². The van der Waals surface area contributed by atoms with E-state index in [1.165, 1.54) is 0 Å². The van der Waals surface area contributed by atoms with Crippen LogP contribution in [0.3, 0.4) is 0 Å². The van der Waals surface area contributed by atoms with Crippen molar-refractivity contribution < 1.29 is 9.53 Å². The lowest BCUT2D eigenvalue weighted by Gasteiger charge is -2.40. The number of ether oxygens (including phenoxy) is 1. The highest BCUT2D eigenvalue weighted by molar-refractivity contribution is 6.31. The maximum Gasteiger partial charge on any atom is 0.410 e. The molecule has 0 N–H and O–H groups in total. The number of nitrogens with zero attached hydrogens (tertiary/aromatic N) is 3. The molecule has 4 rings (SSSR count). The van der Waals surface area contributed by atoms with Gasteiger partial charge in [0.1, 0.15) is 5.60 Å². The second kappa shape index (κ2) is 5.52. The number of piperidine rings is 1. The molecule has 126 valence electrons. The number of carbonyl (C=O) groups excluding carboxylic acids is 1. The molecule has 0 radical (unpaired) electrons. The van der Waals surface area contributed by atoms with Crippen LogP contribution in [0.4, 0.5) is 10.5 Å². The predicted molar refractivity (Wildman–Crippen MR) is 94.8 cm³/mol. The molecule has 0 aliphatic carbocycles. The van der Waals surface area contributed by atoms with Crippen molar-refractivity contribution in [2.45, 2.75) is 25.4 Å². The Labute approximate surface area is 146 Å². The summed E-state index contributed by atoms with van der Waals surface area (Å²) in [6.45, 7) is 4.31. The summed E-state index contributed by atoms with van der Waals surface area (Å²) in [6.07, 6.45) is 3.51. The Hall–Kier alpha value is -2.01. The van der Waals surface area contributed by atoms with Gasteiger partial charge in [0.2, 0.25) is 0 Å². The van der Waals surface area contributed by atoms with Crippen LogP contribution in [-0.2, 0) is 4.74 Å². The molecule has 2 aliphatic heterocycles. The van der Waals surface area contributed by atoms with E-state index in [4.69, 9.17) is 16.3 Å². The van der Waals surface area contributed by atoms with Gasteiger partial charge in [0.25, 0.3) is 0 Å². The molecule has 3 heterocycles. The summed E-state index contributed by atoms with van der Waals surface area (Å²) in [5, 5.41) is 1.77. The van der Waals surface area contributed by atoms with Crippen molar-refractivity contribution in [2.75, 3.05) is 31.6 Å². The van der Waals surface area contributed by atoms with Crippen LogP contribution < -0.4 is 4.90 Å². The number of pyridine rings is 1. The molecule has 0 unspecified atom stereocenters. The molecule has 1 spiro atoms. The average molecular weight is 346 g/mol. The monoisotopic (exact) mass is 345 g/mol. The molecule has 2 aliphatic rings. The van der Waals surface area contributed by atoms with E-state index in [2.05, 4.69) is 9.88 Å². The van der Waals surface area contributed by atoms with Gasteiger partial charge in [-0.05, 0) is 43.5 Å². The van der Waals surface area contributed by atoms with Gasteiger partial charge in [-0.2, -0.15) is 0 Å². The summed E-state index contributed by atoms with van der Waals surface area (Å²) in [5.41, 5.74) is 2.73. The zero-order valence-electron chi connectivity index (χ0n) is 13.9. The zero-order chi connectivity index (χ0) is 16.9. The summed E-state index contributed by atoms with van der Waals surface area (Å²) in [7, 11) is 1.79. The van der Waals surface area contributed by atoms with Crippen molar-refractivity contribution in [3.8, 4) is 0 Å². The molecule has 0 bridgehead atoms. The predicted octanol–water partition coefficient (Wildman–Crippen LogP) is 3.62. The van der Waals surface area contributed by atoms with Gasteiger partial charge in [-0.3, -0.25) is 4.98 Å². The number of aryl methyl sites for hydroxylation is 1. The summed E-state index contributed by atoms with van der Waals surface area (Å²) in [6, 6.07) is 5.93. The smallest absolute Gasteiger partial charge is 0.410 e. The van der Waals surface area contributed by atoms with Crippen LogP contribution in [0.25, 0.3) is 10.9 Å². The zero-order valence-corrected chi connectivity index (χ0v) is 14.6. The number of hydrogen-bond acceptors (Lipinski definition) is 4. The maximum absolute atomic E-state index is 11.9. The minimum atomic E-state index is -0.409. The second-order valence-electron chi connectivity index (χ2n) is 6.88. The first-order valence-corrected chi connectivity index (χ1v) is 8.59. The van der Waals surface area contributed by atoms with E-state index in [0.717, 1.165) is 41.5 Å². The van der Waals surface area contributed by atoms with Crippen LogP contribution in [0.15, 0.2) is 24.4 Å². The van der Waals surface area contributed by atoms with E-state index in [1.807, 2.05) is 31.3 Å². The van der Waals surface area contributed by atoms with E-state index in [-0.39, 0.29) is 6.09 Å². The third-order valence-electron chi connectivity index (χ3n) is 5.00. The van der Waals surface area contributed by atoms with E-state index in [0.29, 0.717) is 18.1 Å². The molecule has 5 nitrogen and oxygen atoms in total. The molecule has 24 heavy (non-hydrogen) atoms. The molecule has 1 amide bonds. The third kappa shape index (κ3) is 2.47. The van der Waals surface area contributed by atoms with Crippen LogP contribution in [0.5, 0.6) is 0 Å². The van der Waals surface area contributed by atoms with Crippen LogP contribution in [0, 0.1) is 6.92 Å². The lowest BCUT2D eigenvalue weighted by molar-refractivity contribution is 0.0448. The number of hydrogen-bond donors (Lipinski definition) is 0. The Morgan fingerprint density at radius 2 is 2.17 bits per heavy atom. The number of halogens is 1. The number of benzene rings is 1. The number of likely N-dealkylation sites (N-methyl/N-ethyl adjacent to an activating group) is 1. The largest absolute Gasteiger partial charge is 0.439 e.